The normalized spacial score (nSPS) is 17.2. The Balaban J connectivity index is 1.68. The smallest absolute Gasteiger partial charge is 0.231 e. The van der Waals surface area contributed by atoms with Gasteiger partial charge < -0.3 is 15.0 Å². The molecule has 2 aromatic rings. The van der Waals surface area contributed by atoms with Crippen LogP contribution in [0.1, 0.15) is 6.42 Å². The molecule has 24 heavy (non-hydrogen) atoms. The number of benzene rings is 1. The Hall–Kier alpha value is -2.13. The van der Waals surface area contributed by atoms with E-state index in [0.717, 1.165) is 10.0 Å². The number of methoxy groups -OCH3 is 1. The van der Waals surface area contributed by atoms with Gasteiger partial charge in [-0.25, -0.2) is 0 Å². The molecule has 0 unspecified atom stereocenters. The summed E-state index contributed by atoms with van der Waals surface area (Å²) < 4.78 is 5.97. The van der Waals surface area contributed by atoms with E-state index in [2.05, 4.69) is 15.5 Å². The maximum atomic E-state index is 12.4. The second-order valence-corrected chi connectivity index (χ2v) is 7.20. The number of amides is 2. The van der Waals surface area contributed by atoms with Crippen molar-refractivity contribution < 1.29 is 14.3 Å². The Bertz CT molecular complexity index is 765. The largest absolute Gasteiger partial charge is 0.497 e. The summed E-state index contributed by atoms with van der Waals surface area (Å²) in [7, 11) is 1.58. The van der Waals surface area contributed by atoms with Crippen LogP contribution in [0, 0.1) is 5.92 Å². The minimum atomic E-state index is -0.412. The first-order chi connectivity index (χ1) is 11.6. The maximum Gasteiger partial charge on any atom is 0.231 e. The molecule has 2 amide bonds. The van der Waals surface area contributed by atoms with Crippen molar-refractivity contribution in [1.82, 2.24) is 10.2 Å². The molecule has 0 radical (unpaired) electrons. The molecule has 7 nitrogen and oxygen atoms in total. The van der Waals surface area contributed by atoms with Crippen molar-refractivity contribution in [3.63, 3.8) is 0 Å². The highest BCUT2D eigenvalue weighted by Crippen LogP contribution is 2.29. The second kappa shape index (κ2) is 7.18. The number of hydrogen-bond donors (Lipinski definition) is 1. The summed E-state index contributed by atoms with van der Waals surface area (Å²) in [6.07, 6.45) is 2.07. The lowest BCUT2D eigenvalue weighted by Crippen LogP contribution is -2.28. The van der Waals surface area contributed by atoms with Crippen LogP contribution >= 0.6 is 23.1 Å². The van der Waals surface area contributed by atoms with E-state index in [1.54, 1.807) is 18.1 Å². The third kappa shape index (κ3) is 3.51. The molecule has 1 aliphatic heterocycles. The van der Waals surface area contributed by atoms with E-state index in [4.69, 9.17) is 4.74 Å². The van der Waals surface area contributed by atoms with Crippen molar-refractivity contribution in [2.45, 2.75) is 10.8 Å². The molecule has 1 atom stereocenters. The average Bonchev–Trinajstić information content (AvgIpc) is 3.21. The molecule has 3 rings (SSSR count). The number of aromatic nitrogens is 2. The summed E-state index contributed by atoms with van der Waals surface area (Å²) in [6.45, 7) is 0.339. The number of nitrogens with one attached hydrogen (secondary N) is 1. The number of hydrogen-bond acceptors (Lipinski definition) is 7. The number of carbonyl (C=O) groups excluding carboxylic acids is 2. The van der Waals surface area contributed by atoms with Crippen molar-refractivity contribution in [3.05, 3.63) is 24.3 Å². The summed E-state index contributed by atoms with van der Waals surface area (Å²) >= 11 is 2.79. The van der Waals surface area contributed by atoms with Crippen LogP contribution < -0.4 is 15.0 Å². The SMILES string of the molecule is COc1cccc(N2C[C@H](C(=O)Nc3nnc(SC)s3)CC2=O)c1. The molecule has 2 heterocycles. The first-order valence-electron chi connectivity index (χ1n) is 7.23. The molecule has 126 valence electrons. The van der Waals surface area contributed by atoms with E-state index >= 15 is 0 Å². The first-order valence-corrected chi connectivity index (χ1v) is 9.27. The van der Waals surface area contributed by atoms with Gasteiger partial charge in [0.25, 0.3) is 0 Å². The monoisotopic (exact) mass is 364 g/mol. The van der Waals surface area contributed by atoms with Gasteiger partial charge >= 0.3 is 0 Å². The summed E-state index contributed by atoms with van der Waals surface area (Å²) in [6, 6.07) is 7.25. The lowest BCUT2D eigenvalue weighted by molar-refractivity contribution is -0.122. The van der Waals surface area contributed by atoms with E-state index in [0.29, 0.717) is 17.4 Å². The summed E-state index contributed by atoms with van der Waals surface area (Å²) in [4.78, 5) is 26.3. The van der Waals surface area contributed by atoms with Gasteiger partial charge in [-0.15, -0.1) is 10.2 Å². The fraction of sp³-hybridized carbons (Fsp3) is 0.333. The van der Waals surface area contributed by atoms with E-state index in [-0.39, 0.29) is 18.2 Å². The van der Waals surface area contributed by atoms with E-state index in [1.807, 2.05) is 24.5 Å². The maximum absolute atomic E-state index is 12.4. The zero-order valence-electron chi connectivity index (χ0n) is 13.2. The highest BCUT2D eigenvalue weighted by molar-refractivity contribution is 8.00. The number of nitrogens with zero attached hydrogens (tertiary/aromatic N) is 3. The van der Waals surface area contributed by atoms with E-state index < -0.39 is 5.92 Å². The lowest BCUT2D eigenvalue weighted by Gasteiger charge is -2.17. The fourth-order valence-electron chi connectivity index (χ4n) is 2.46. The summed E-state index contributed by atoms with van der Waals surface area (Å²) in [5, 5.41) is 11.1. The Labute approximate surface area is 147 Å². The second-order valence-electron chi connectivity index (χ2n) is 5.17. The van der Waals surface area contributed by atoms with E-state index in [9.17, 15) is 9.59 Å². The van der Waals surface area contributed by atoms with Gasteiger partial charge in [0.15, 0.2) is 4.34 Å². The topological polar surface area (TPSA) is 84.4 Å². The van der Waals surface area contributed by atoms with Crippen molar-refractivity contribution >= 4 is 45.7 Å². The van der Waals surface area contributed by atoms with Crippen LogP contribution in [0.3, 0.4) is 0 Å². The van der Waals surface area contributed by atoms with Crippen molar-refractivity contribution in [3.8, 4) is 5.75 Å². The third-order valence-electron chi connectivity index (χ3n) is 3.67. The molecule has 1 aromatic heterocycles. The predicted molar refractivity (Wildman–Crippen MR) is 93.8 cm³/mol. The van der Waals surface area contributed by atoms with Crippen molar-refractivity contribution in [2.24, 2.45) is 5.92 Å². The average molecular weight is 364 g/mol. The Morgan fingerprint density at radius 3 is 3.00 bits per heavy atom. The Morgan fingerprint density at radius 1 is 1.46 bits per heavy atom. The van der Waals surface area contributed by atoms with Gasteiger partial charge in [0.05, 0.1) is 13.0 Å². The van der Waals surface area contributed by atoms with Gasteiger partial charge in [0.2, 0.25) is 16.9 Å². The molecule has 1 aromatic carbocycles. The van der Waals surface area contributed by atoms with Gasteiger partial charge in [-0.2, -0.15) is 0 Å². The third-order valence-corrected chi connectivity index (χ3v) is 5.49. The summed E-state index contributed by atoms with van der Waals surface area (Å²) in [5.74, 6) is -0.0278. The van der Waals surface area contributed by atoms with Crippen LogP contribution in [0.4, 0.5) is 10.8 Å². The predicted octanol–water partition coefficient (Wildman–Crippen LogP) is 2.26. The molecule has 0 saturated carbocycles. The number of anilines is 2. The van der Waals surface area contributed by atoms with Gasteiger partial charge in [0.1, 0.15) is 5.75 Å². The molecule has 1 aliphatic rings. The zero-order chi connectivity index (χ0) is 17.1. The molecule has 1 N–H and O–H groups in total. The molecule has 0 bridgehead atoms. The fourth-order valence-corrected chi connectivity index (χ4v) is 3.63. The van der Waals surface area contributed by atoms with Crippen LogP contribution in [-0.2, 0) is 9.59 Å². The first kappa shape index (κ1) is 16.7. The number of thioether (sulfide) groups is 1. The molecule has 1 saturated heterocycles. The standard InChI is InChI=1S/C15H16N4O3S2/c1-22-11-5-3-4-10(7-11)19-8-9(6-12(19)20)13(21)16-14-17-18-15(23-2)24-14/h3-5,7,9H,6,8H2,1-2H3,(H,16,17,21)/t9-/m1/s1. The van der Waals surface area contributed by atoms with E-state index in [1.165, 1.54) is 23.1 Å². The Morgan fingerprint density at radius 2 is 2.29 bits per heavy atom. The van der Waals surface area contributed by atoms with Crippen LogP contribution in [0.5, 0.6) is 5.75 Å². The van der Waals surface area contributed by atoms with Gasteiger partial charge in [-0.05, 0) is 18.4 Å². The Kier molecular flexibility index (Phi) is 5.00. The minimum absolute atomic E-state index is 0.0783. The van der Waals surface area contributed by atoms with Crippen LogP contribution in [0.25, 0.3) is 0 Å². The number of rotatable bonds is 5. The van der Waals surface area contributed by atoms with Crippen molar-refractivity contribution in [1.29, 1.82) is 0 Å². The number of carbonyl (C=O) groups is 2. The minimum Gasteiger partial charge on any atom is -0.497 e. The highest BCUT2D eigenvalue weighted by Gasteiger charge is 2.35. The van der Waals surface area contributed by atoms with Crippen LogP contribution in [-0.4, -0.2) is 41.9 Å². The molecule has 0 spiro atoms. The highest BCUT2D eigenvalue weighted by atomic mass is 32.2. The molecular formula is C15H16N4O3S2. The van der Waals surface area contributed by atoms with Gasteiger partial charge in [0, 0.05) is 24.7 Å². The van der Waals surface area contributed by atoms with Gasteiger partial charge in [-0.1, -0.05) is 29.2 Å². The van der Waals surface area contributed by atoms with Crippen LogP contribution in [0.2, 0.25) is 0 Å². The lowest BCUT2D eigenvalue weighted by atomic mass is 10.1. The molecule has 9 heteroatoms. The van der Waals surface area contributed by atoms with Crippen LogP contribution in [0.15, 0.2) is 28.6 Å². The molecule has 1 fully saturated rings. The quantitative estimate of drug-likeness (QED) is 0.647. The zero-order valence-corrected chi connectivity index (χ0v) is 14.8. The molecule has 0 aliphatic carbocycles. The number of ether oxygens (including phenoxy) is 1. The summed E-state index contributed by atoms with van der Waals surface area (Å²) in [5.41, 5.74) is 0.732. The molecular weight excluding hydrogens is 348 g/mol. The van der Waals surface area contributed by atoms with Gasteiger partial charge in [-0.3, -0.25) is 9.59 Å². The van der Waals surface area contributed by atoms with Crippen molar-refractivity contribution in [2.75, 3.05) is 30.1 Å².